The standard InChI is InChI=1S/C24H27N3O4/c1-2-31-20-10-6-9-19(17-20)25-22-21(18-7-4-3-5-8-18)23(28)27(24(22)29)12-11-26-13-15-30-16-14-26/h3-10,17,25H,2,11-16H2,1H3. The molecule has 2 heterocycles. The third-order valence-electron chi connectivity index (χ3n) is 5.39. The van der Waals surface area contributed by atoms with Crippen LogP contribution in [0.15, 0.2) is 60.3 Å². The number of amides is 2. The SMILES string of the molecule is CCOc1cccc(NC2=C(c3ccccc3)C(=O)N(CCN3CCOCC3)C2=O)c1. The number of nitrogens with zero attached hydrogens (tertiary/aromatic N) is 2. The maximum atomic E-state index is 13.3. The summed E-state index contributed by atoms with van der Waals surface area (Å²) in [5.41, 5.74) is 2.12. The van der Waals surface area contributed by atoms with Gasteiger partial charge in [0.25, 0.3) is 11.8 Å². The van der Waals surface area contributed by atoms with Gasteiger partial charge in [-0.2, -0.15) is 0 Å². The Bertz CT molecular complexity index is 968. The topological polar surface area (TPSA) is 71.1 Å². The first kappa shape index (κ1) is 21.1. The molecular formula is C24H27N3O4. The minimum absolute atomic E-state index is 0.270. The summed E-state index contributed by atoms with van der Waals surface area (Å²) in [6, 6.07) is 16.7. The third kappa shape index (κ3) is 4.78. The van der Waals surface area contributed by atoms with Crippen LogP contribution in [0.4, 0.5) is 5.69 Å². The summed E-state index contributed by atoms with van der Waals surface area (Å²) in [7, 11) is 0. The molecule has 0 radical (unpaired) electrons. The van der Waals surface area contributed by atoms with Crippen molar-refractivity contribution < 1.29 is 19.1 Å². The van der Waals surface area contributed by atoms with Crippen LogP contribution in [0, 0.1) is 0 Å². The first-order valence-corrected chi connectivity index (χ1v) is 10.6. The van der Waals surface area contributed by atoms with Crippen LogP contribution in [0.5, 0.6) is 5.75 Å². The highest BCUT2D eigenvalue weighted by Crippen LogP contribution is 2.31. The number of hydrogen-bond acceptors (Lipinski definition) is 6. The van der Waals surface area contributed by atoms with Crippen LogP contribution in [0.1, 0.15) is 12.5 Å². The Morgan fingerprint density at radius 2 is 1.74 bits per heavy atom. The Kier molecular flexibility index (Phi) is 6.64. The van der Waals surface area contributed by atoms with Gasteiger partial charge in [-0.3, -0.25) is 19.4 Å². The molecule has 2 amide bonds. The highest BCUT2D eigenvalue weighted by Gasteiger charge is 2.39. The second-order valence-electron chi connectivity index (χ2n) is 7.42. The summed E-state index contributed by atoms with van der Waals surface area (Å²) in [5.74, 6) is 0.127. The van der Waals surface area contributed by atoms with Gasteiger partial charge in [0.2, 0.25) is 0 Å². The largest absolute Gasteiger partial charge is 0.494 e. The lowest BCUT2D eigenvalue weighted by molar-refractivity contribution is -0.137. The van der Waals surface area contributed by atoms with E-state index in [2.05, 4.69) is 10.2 Å². The zero-order valence-electron chi connectivity index (χ0n) is 17.7. The zero-order chi connectivity index (χ0) is 21.6. The summed E-state index contributed by atoms with van der Waals surface area (Å²) in [4.78, 5) is 30.1. The number of carbonyl (C=O) groups excluding carboxylic acids is 2. The van der Waals surface area contributed by atoms with E-state index in [0.29, 0.717) is 55.6 Å². The van der Waals surface area contributed by atoms with E-state index in [1.54, 1.807) is 0 Å². The van der Waals surface area contributed by atoms with Crippen LogP contribution in [-0.4, -0.2) is 67.6 Å². The van der Waals surface area contributed by atoms with E-state index in [1.807, 2.05) is 61.5 Å². The van der Waals surface area contributed by atoms with Crippen LogP contribution in [-0.2, 0) is 14.3 Å². The quantitative estimate of drug-likeness (QED) is 0.661. The molecular weight excluding hydrogens is 394 g/mol. The highest BCUT2D eigenvalue weighted by molar-refractivity contribution is 6.36. The van der Waals surface area contributed by atoms with Crippen LogP contribution in [0.2, 0.25) is 0 Å². The fourth-order valence-corrected chi connectivity index (χ4v) is 3.81. The molecule has 4 rings (SSSR count). The van der Waals surface area contributed by atoms with Crippen molar-refractivity contribution >= 4 is 23.1 Å². The van der Waals surface area contributed by atoms with Crippen LogP contribution in [0.25, 0.3) is 5.57 Å². The van der Waals surface area contributed by atoms with Crippen molar-refractivity contribution in [2.45, 2.75) is 6.92 Å². The first-order valence-electron chi connectivity index (χ1n) is 10.6. The van der Waals surface area contributed by atoms with Gasteiger partial charge in [-0.1, -0.05) is 36.4 Å². The van der Waals surface area contributed by atoms with Crippen molar-refractivity contribution in [2.24, 2.45) is 0 Å². The molecule has 0 saturated carbocycles. The molecule has 1 saturated heterocycles. The molecule has 2 aromatic rings. The maximum Gasteiger partial charge on any atom is 0.278 e. The molecule has 0 spiro atoms. The Hall–Kier alpha value is -3.16. The van der Waals surface area contributed by atoms with E-state index in [-0.39, 0.29) is 11.8 Å². The van der Waals surface area contributed by atoms with Crippen molar-refractivity contribution in [3.63, 3.8) is 0 Å². The first-order chi connectivity index (χ1) is 15.2. The molecule has 31 heavy (non-hydrogen) atoms. The number of anilines is 1. The minimum Gasteiger partial charge on any atom is -0.494 e. The van der Waals surface area contributed by atoms with Gasteiger partial charge < -0.3 is 14.8 Å². The number of ether oxygens (including phenoxy) is 2. The van der Waals surface area contributed by atoms with Crippen molar-refractivity contribution in [3.8, 4) is 5.75 Å². The van der Waals surface area contributed by atoms with E-state index >= 15 is 0 Å². The molecule has 2 aromatic carbocycles. The Balaban J connectivity index is 1.60. The monoisotopic (exact) mass is 421 g/mol. The van der Waals surface area contributed by atoms with Gasteiger partial charge in [0.05, 0.1) is 25.4 Å². The molecule has 162 valence electrons. The summed E-state index contributed by atoms with van der Waals surface area (Å²) in [6.45, 7) is 6.43. The highest BCUT2D eigenvalue weighted by atomic mass is 16.5. The molecule has 7 heteroatoms. The molecule has 2 aliphatic rings. The second kappa shape index (κ2) is 9.76. The van der Waals surface area contributed by atoms with Crippen LogP contribution < -0.4 is 10.1 Å². The van der Waals surface area contributed by atoms with Gasteiger partial charge in [-0.15, -0.1) is 0 Å². The number of hydrogen-bond donors (Lipinski definition) is 1. The number of benzene rings is 2. The molecule has 0 aliphatic carbocycles. The molecule has 7 nitrogen and oxygen atoms in total. The van der Waals surface area contributed by atoms with Gasteiger partial charge in [-0.25, -0.2) is 0 Å². The van der Waals surface area contributed by atoms with E-state index in [9.17, 15) is 9.59 Å². The average Bonchev–Trinajstić information content (AvgIpc) is 3.03. The molecule has 0 bridgehead atoms. The summed E-state index contributed by atoms with van der Waals surface area (Å²) >= 11 is 0. The van der Waals surface area contributed by atoms with Gasteiger partial charge in [0.1, 0.15) is 11.4 Å². The number of nitrogens with one attached hydrogen (secondary N) is 1. The van der Waals surface area contributed by atoms with Crippen LogP contribution >= 0.6 is 0 Å². The number of imide groups is 1. The van der Waals surface area contributed by atoms with E-state index < -0.39 is 0 Å². The van der Waals surface area contributed by atoms with Gasteiger partial charge in [-0.05, 0) is 24.6 Å². The van der Waals surface area contributed by atoms with Gasteiger partial charge in [0.15, 0.2) is 0 Å². The fraction of sp³-hybridized carbons (Fsp3) is 0.333. The summed E-state index contributed by atoms with van der Waals surface area (Å²) < 4.78 is 10.9. The lowest BCUT2D eigenvalue weighted by Crippen LogP contribution is -2.43. The van der Waals surface area contributed by atoms with Crippen molar-refractivity contribution in [1.29, 1.82) is 0 Å². The van der Waals surface area contributed by atoms with E-state index in [1.165, 1.54) is 4.90 Å². The summed E-state index contributed by atoms with van der Waals surface area (Å²) in [5, 5.41) is 3.19. The maximum absolute atomic E-state index is 13.3. The third-order valence-corrected chi connectivity index (χ3v) is 5.39. The van der Waals surface area contributed by atoms with Gasteiger partial charge >= 0.3 is 0 Å². The fourth-order valence-electron chi connectivity index (χ4n) is 3.81. The Labute approximate surface area is 182 Å². The van der Waals surface area contributed by atoms with E-state index in [4.69, 9.17) is 9.47 Å². The molecule has 0 atom stereocenters. The number of morpholine rings is 1. The molecule has 1 fully saturated rings. The van der Waals surface area contributed by atoms with E-state index in [0.717, 1.165) is 18.7 Å². The predicted octanol–water partition coefficient (Wildman–Crippen LogP) is 2.61. The summed E-state index contributed by atoms with van der Waals surface area (Å²) in [6.07, 6.45) is 0. The molecule has 0 aromatic heterocycles. The van der Waals surface area contributed by atoms with Crippen molar-refractivity contribution in [1.82, 2.24) is 9.80 Å². The van der Waals surface area contributed by atoms with Crippen molar-refractivity contribution in [2.75, 3.05) is 51.3 Å². The number of rotatable bonds is 8. The average molecular weight is 421 g/mol. The lowest BCUT2D eigenvalue weighted by atomic mass is 10.0. The van der Waals surface area contributed by atoms with Crippen molar-refractivity contribution in [3.05, 3.63) is 65.9 Å². The zero-order valence-corrected chi connectivity index (χ0v) is 17.7. The normalized spacial score (nSPS) is 17.4. The Morgan fingerprint density at radius 1 is 0.968 bits per heavy atom. The Morgan fingerprint density at radius 3 is 2.48 bits per heavy atom. The molecule has 2 aliphatic heterocycles. The number of carbonyl (C=O) groups is 2. The molecule has 0 unspecified atom stereocenters. The predicted molar refractivity (Wildman–Crippen MR) is 119 cm³/mol. The minimum atomic E-state index is -0.307. The smallest absolute Gasteiger partial charge is 0.278 e. The lowest BCUT2D eigenvalue weighted by Gasteiger charge is -2.28. The van der Waals surface area contributed by atoms with Gasteiger partial charge in [0, 0.05) is 37.9 Å². The van der Waals surface area contributed by atoms with Crippen LogP contribution in [0.3, 0.4) is 0 Å². The second-order valence-corrected chi connectivity index (χ2v) is 7.42. The molecule has 1 N–H and O–H groups in total.